The van der Waals surface area contributed by atoms with Gasteiger partial charge in [-0.2, -0.15) is 0 Å². The van der Waals surface area contributed by atoms with Crippen LogP contribution < -0.4 is 5.56 Å². The van der Waals surface area contributed by atoms with Crippen LogP contribution in [0.15, 0.2) is 11.1 Å². The minimum atomic E-state index is -0.0787. The SMILES string of the molecule is CCCCn1cnc2sc(C(=O)N(C)C)c(C)c2c1=O. The van der Waals surface area contributed by atoms with E-state index in [-0.39, 0.29) is 11.5 Å². The number of nitrogens with zero attached hydrogens (tertiary/aromatic N) is 3. The van der Waals surface area contributed by atoms with Crippen molar-refractivity contribution in [2.75, 3.05) is 14.1 Å². The Morgan fingerprint density at radius 2 is 2.15 bits per heavy atom. The number of amides is 1. The van der Waals surface area contributed by atoms with Crippen LogP contribution >= 0.6 is 11.3 Å². The first-order valence-electron chi connectivity index (χ1n) is 6.67. The quantitative estimate of drug-likeness (QED) is 0.869. The van der Waals surface area contributed by atoms with Gasteiger partial charge in [0.25, 0.3) is 11.5 Å². The van der Waals surface area contributed by atoms with Gasteiger partial charge in [0.15, 0.2) is 0 Å². The molecule has 108 valence electrons. The summed E-state index contributed by atoms with van der Waals surface area (Å²) in [5, 5.41) is 0.582. The molecule has 20 heavy (non-hydrogen) atoms. The summed E-state index contributed by atoms with van der Waals surface area (Å²) in [6.45, 7) is 4.58. The lowest BCUT2D eigenvalue weighted by Gasteiger charge is -2.08. The molecule has 0 aromatic carbocycles. The van der Waals surface area contributed by atoms with Crippen LogP contribution in [0.25, 0.3) is 10.2 Å². The minimum Gasteiger partial charge on any atom is -0.344 e. The summed E-state index contributed by atoms with van der Waals surface area (Å²) in [6, 6.07) is 0. The molecule has 2 heterocycles. The molecule has 0 radical (unpaired) electrons. The highest BCUT2D eigenvalue weighted by Crippen LogP contribution is 2.27. The zero-order chi connectivity index (χ0) is 14.9. The van der Waals surface area contributed by atoms with Crippen molar-refractivity contribution in [2.45, 2.75) is 33.2 Å². The van der Waals surface area contributed by atoms with Crippen molar-refractivity contribution in [3.8, 4) is 0 Å². The van der Waals surface area contributed by atoms with Gasteiger partial charge in [-0.05, 0) is 18.9 Å². The Morgan fingerprint density at radius 3 is 2.75 bits per heavy atom. The van der Waals surface area contributed by atoms with Crippen LogP contribution in [-0.2, 0) is 6.54 Å². The number of rotatable bonds is 4. The Bertz CT molecular complexity index is 700. The van der Waals surface area contributed by atoms with E-state index in [1.807, 2.05) is 6.92 Å². The second-order valence-electron chi connectivity index (χ2n) is 5.03. The maximum atomic E-state index is 12.5. The molecule has 2 aromatic rings. The van der Waals surface area contributed by atoms with Gasteiger partial charge in [0.2, 0.25) is 0 Å². The largest absolute Gasteiger partial charge is 0.344 e. The van der Waals surface area contributed by atoms with Crippen LogP contribution in [0.4, 0.5) is 0 Å². The number of hydrogen-bond acceptors (Lipinski definition) is 4. The van der Waals surface area contributed by atoms with Crippen LogP contribution in [0.5, 0.6) is 0 Å². The van der Waals surface area contributed by atoms with Crippen LogP contribution in [0, 0.1) is 6.92 Å². The molecule has 0 aliphatic heterocycles. The monoisotopic (exact) mass is 293 g/mol. The van der Waals surface area contributed by atoms with Crippen LogP contribution in [0.2, 0.25) is 0 Å². The van der Waals surface area contributed by atoms with E-state index in [1.54, 1.807) is 25.0 Å². The molecule has 0 bridgehead atoms. The predicted molar refractivity (Wildman–Crippen MR) is 81.5 cm³/mol. The number of unbranched alkanes of at least 4 members (excludes halogenated alkanes) is 1. The zero-order valence-electron chi connectivity index (χ0n) is 12.3. The van der Waals surface area contributed by atoms with Crippen LogP contribution in [0.1, 0.15) is 35.0 Å². The third-order valence-corrected chi connectivity index (χ3v) is 4.46. The molecule has 0 spiro atoms. The van der Waals surface area contributed by atoms with E-state index in [1.165, 1.54) is 16.2 Å². The molecule has 0 N–H and O–H groups in total. The average Bonchev–Trinajstić information content (AvgIpc) is 2.75. The molecule has 0 aliphatic carbocycles. The van der Waals surface area contributed by atoms with Gasteiger partial charge >= 0.3 is 0 Å². The summed E-state index contributed by atoms with van der Waals surface area (Å²) >= 11 is 1.29. The Kier molecular flexibility index (Phi) is 4.23. The third-order valence-electron chi connectivity index (χ3n) is 3.27. The van der Waals surface area contributed by atoms with Crippen molar-refractivity contribution in [3.63, 3.8) is 0 Å². The number of thiophene rings is 1. The number of carbonyl (C=O) groups excluding carboxylic acids is 1. The molecular weight excluding hydrogens is 274 g/mol. The van der Waals surface area contributed by atoms with Gasteiger partial charge in [0.05, 0.1) is 16.6 Å². The lowest BCUT2D eigenvalue weighted by atomic mass is 10.2. The molecule has 5 nitrogen and oxygen atoms in total. The second kappa shape index (κ2) is 5.75. The van der Waals surface area contributed by atoms with Crippen LogP contribution in [-0.4, -0.2) is 34.5 Å². The van der Waals surface area contributed by atoms with E-state index in [4.69, 9.17) is 0 Å². The normalized spacial score (nSPS) is 11.0. The maximum Gasteiger partial charge on any atom is 0.263 e. The minimum absolute atomic E-state index is 0.0463. The van der Waals surface area contributed by atoms with E-state index >= 15 is 0 Å². The zero-order valence-corrected chi connectivity index (χ0v) is 13.1. The van der Waals surface area contributed by atoms with E-state index in [2.05, 4.69) is 11.9 Å². The smallest absolute Gasteiger partial charge is 0.263 e. The van der Waals surface area contributed by atoms with Gasteiger partial charge < -0.3 is 4.90 Å². The van der Waals surface area contributed by atoms with E-state index in [9.17, 15) is 9.59 Å². The molecule has 0 saturated carbocycles. The highest BCUT2D eigenvalue weighted by Gasteiger charge is 2.20. The Hall–Kier alpha value is -1.69. The van der Waals surface area contributed by atoms with Gasteiger partial charge in [0.1, 0.15) is 4.83 Å². The summed E-state index contributed by atoms with van der Waals surface area (Å²) in [5.74, 6) is -0.0787. The standard InChI is InChI=1S/C14H19N3O2S/c1-5-6-7-17-8-15-12-10(13(17)18)9(2)11(20-12)14(19)16(3)4/h8H,5-7H2,1-4H3. The summed E-state index contributed by atoms with van der Waals surface area (Å²) in [7, 11) is 3.41. The highest BCUT2D eigenvalue weighted by molar-refractivity contribution is 7.20. The Labute approximate surface area is 121 Å². The Morgan fingerprint density at radius 1 is 1.45 bits per heavy atom. The molecule has 0 unspecified atom stereocenters. The van der Waals surface area contributed by atoms with Crippen molar-refractivity contribution in [3.05, 3.63) is 27.1 Å². The fourth-order valence-electron chi connectivity index (χ4n) is 2.05. The van der Waals surface area contributed by atoms with Crippen molar-refractivity contribution >= 4 is 27.5 Å². The van der Waals surface area contributed by atoms with E-state index < -0.39 is 0 Å². The predicted octanol–water partition coefficient (Wildman–Crippen LogP) is 2.27. The average molecular weight is 293 g/mol. The van der Waals surface area contributed by atoms with E-state index in [0.29, 0.717) is 21.6 Å². The van der Waals surface area contributed by atoms with E-state index in [0.717, 1.165) is 18.4 Å². The van der Waals surface area contributed by atoms with Gasteiger partial charge in [0, 0.05) is 20.6 Å². The molecular formula is C14H19N3O2S. The number of carbonyl (C=O) groups is 1. The highest BCUT2D eigenvalue weighted by atomic mass is 32.1. The Balaban J connectivity index is 2.58. The van der Waals surface area contributed by atoms with Gasteiger partial charge in [-0.25, -0.2) is 4.98 Å². The molecule has 0 atom stereocenters. The lowest BCUT2D eigenvalue weighted by Crippen LogP contribution is -2.22. The number of fused-ring (bicyclic) bond motifs is 1. The lowest BCUT2D eigenvalue weighted by molar-refractivity contribution is 0.0831. The van der Waals surface area contributed by atoms with Gasteiger partial charge in [-0.15, -0.1) is 11.3 Å². The maximum absolute atomic E-state index is 12.5. The number of aryl methyl sites for hydroxylation is 2. The summed E-state index contributed by atoms with van der Waals surface area (Å²) in [4.78, 5) is 31.7. The summed E-state index contributed by atoms with van der Waals surface area (Å²) < 4.78 is 1.63. The molecule has 2 aromatic heterocycles. The summed E-state index contributed by atoms with van der Waals surface area (Å²) in [6.07, 6.45) is 3.55. The van der Waals surface area contributed by atoms with Crippen molar-refractivity contribution in [1.82, 2.24) is 14.5 Å². The number of hydrogen-bond donors (Lipinski definition) is 0. The molecule has 6 heteroatoms. The fourth-order valence-corrected chi connectivity index (χ4v) is 3.21. The molecule has 0 saturated heterocycles. The molecule has 0 aliphatic rings. The number of aromatic nitrogens is 2. The first-order valence-corrected chi connectivity index (χ1v) is 7.49. The first-order chi connectivity index (χ1) is 9.47. The van der Waals surface area contributed by atoms with Crippen molar-refractivity contribution in [1.29, 1.82) is 0 Å². The summed E-state index contributed by atoms with van der Waals surface area (Å²) in [5.41, 5.74) is 0.696. The van der Waals surface area contributed by atoms with Gasteiger partial charge in [-0.1, -0.05) is 13.3 Å². The van der Waals surface area contributed by atoms with Gasteiger partial charge in [-0.3, -0.25) is 14.2 Å². The third kappa shape index (κ3) is 2.47. The second-order valence-corrected chi connectivity index (χ2v) is 6.03. The topological polar surface area (TPSA) is 55.2 Å². The van der Waals surface area contributed by atoms with Crippen LogP contribution in [0.3, 0.4) is 0 Å². The molecule has 0 fully saturated rings. The molecule has 2 rings (SSSR count). The molecule has 1 amide bonds. The van der Waals surface area contributed by atoms with Crippen molar-refractivity contribution in [2.24, 2.45) is 0 Å². The first kappa shape index (κ1) is 14.7. The fraction of sp³-hybridized carbons (Fsp3) is 0.500. The van der Waals surface area contributed by atoms with Crippen molar-refractivity contribution < 1.29 is 4.79 Å².